The van der Waals surface area contributed by atoms with Crippen molar-refractivity contribution in [1.29, 1.82) is 0 Å². The van der Waals surface area contributed by atoms with Crippen molar-refractivity contribution in [3.05, 3.63) is 29.8 Å². The first-order valence-corrected chi connectivity index (χ1v) is 12.4. The van der Waals surface area contributed by atoms with Crippen molar-refractivity contribution in [2.45, 2.75) is 25.4 Å². The van der Waals surface area contributed by atoms with Gasteiger partial charge in [0.15, 0.2) is 0 Å². The quantitative estimate of drug-likeness (QED) is 0.685. The number of anilines is 1. The Hall–Kier alpha value is -1.68. The lowest BCUT2D eigenvalue weighted by Crippen LogP contribution is -2.52. The first-order valence-electron chi connectivity index (χ1n) is 10.5. The van der Waals surface area contributed by atoms with Crippen LogP contribution in [0, 0.1) is 12.8 Å². The van der Waals surface area contributed by atoms with Crippen LogP contribution in [0.15, 0.2) is 24.3 Å². The third kappa shape index (κ3) is 5.72. The summed E-state index contributed by atoms with van der Waals surface area (Å²) in [5.41, 5.74) is 1.55. The van der Waals surface area contributed by atoms with E-state index in [0.717, 1.165) is 13.1 Å². The average Bonchev–Trinajstić information content (AvgIpc) is 2.90. The van der Waals surface area contributed by atoms with Gasteiger partial charge in [-0.05, 0) is 37.5 Å². The molecule has 0 unspecified atom stereocenters. The second kappa shape index (κ2) is 9.21. The SMILES string of the molecule is CNC(=O)[C@@H]1CN(CC2(O)CCN(c3cccc(C)c3)CC2)CCN(S(C)(=O)=O)C1. The number of carbonyl (C=O) groups excluding carboxylic acids is 1. The van der Waals surface area contributed by atoms with Gasteiger partial charge in [0, 0.05) is 58.5 Å². The summed E-state index contributed by atoms with van der Waals surface area (Å²) in [5, 5.41) is 13.9. The van der Waals surface area contributed by atoms with Crippen LogP contribution in [0.5, 0.6) is 0 Å². The zero-order valence-corrected chi connectivity index (χ0v) is 19.0. The topological polar surface area (TPSA) is 93.2 Å². The predicted molar refractivity (Wildman–Crippen MR) is 118 cm³/mol. The van der Waals surface area contributed by atoms with Gasteiger partial charge in [-0.1, -0.05) is 12.1 Å². The Morgan fingerprint density at radius 2 is 1.90 bits per heavy atom. The van der Waals surface area contributed by atoms with Crippen LogP contribution >= 0.6 is 0 Å². The van der Waals surface area contributed by atoms with Crippen LogP contribution in [0.4, 0.5) is 5.69 Å². The number of nitrogens with one attached hydrogen (secondary N) is 1. The van der Waals surface area contributed by atoms with Gasteiger partial charge in [-0.2, -0.15) is 0 Å². The van der Waals surface area contributed by atoms with Crippen molar-refractivity contribution in [2.24, 2.45) is 5.92 Å². The van der Waals surface area contributed by atoms with Crippen LogP contribution in [0.2, 0.25) is 0 Å². The van der Waals surface area contributed by atoms with Gasteiger partial charge < -0.3 is 15.3 Å². The van der Waals surface area contributed by atoms with Crippen LogP contribution in [-0.4, -0.2) is 93.4 Å². The molecule has 9 heteroatoms. The second-order valence-corrected chi connectivity index (χ2v) is 10.7. The highest BCUT2D eigenvalue weighted by molar-refractivity contribution is 7.88. The summed E-state index contributed by atoms with van der Waals surface area (Å²) in [6, 6.07) is 8.38. The Kier molecular flexibility index (Phi) is 7.06. The van der Waals surface area contributed by atoms with Crippen molar-refractivity contribution in [1.82, 2.24) is 14.5 Å². The van der Waals surface area contributed by atoms with Gasteiger partial charge in [0.25, 0.3) is 0 Å². The van der Waals surface area contributed by atoms with E-state index in [0.29, 0.717) is 39.0 Å². The lowest BCUT2D eigenvalue weighted by Gasteiger charge is -2.42. The fourth-order valence-corrected chi connectivity index (χ4v) is 5.31. The van der Waals surface area contributed by atoms with Gasteiger partial charge in [-0.3, -0.25) is 9.69 Å². The smallest absolute Gasteiger partial charge is 0.225 e. The molecule has 1 amide bonds. The molecule has 0 saturated carbocycles. The molecule has 2 aliphatic heterocycles. The lowest BCUT2D eigenvalue weighted by atomic mass is 9.90. The van der Waals surface area contributed by atoms with E-state index in [9.17, 15) is 18.3 Å². The minimum absolute atomic E-state index is 0.170. The molecule has 0 aromatic heterocycles. The van der Waals surface area contributed by atoms with Crippen LogP contribution in [0.3, 0.4) is 0 Å². The van der Waals surface area contributed by atoms with Crippen molar-refractivity contribution in [2.75, 3.05) is 64.0 Å². The maximum atomic E-state index is 12.3. The molecular formula is C21H34N4O4S. The third-order valence-corrected chi connectivity index (χ3v) is 7.50. The molecule has 3 rings (SSSR count). The molecular weight excluding hydrogens is 404 g/mol. The molecule has 0 spiro atoms. The molecule has 0 radical (unpaired) electrons. The Balaban J connectivity index is 1.65. The fraction of sp³-hybridized carbons (Fsp3) is 0.667. The van der Waals surface area contributed by atoms with Crippen LogP contribution in [0.1, 0.15) is 18.4 Å². The van der Waals surface area contributed by atoms with Gasteiger partial charge in [0.05, 0.1) is 17.8 Å². The van der Waals surface area contributed by atoms with Gasteiger partial charge in [-0.25, -0.2) is 12.7 Å². The van der Waals surface area contributed by atoms with E-state index in [1.165, 1.54) is 21.8 Å². The van der Waals surface area contributed by atoms with Crippen molar-refractivity contribution in [3.8, 4) is 0 Å². The van der Waals surface area contributed by atoms with E-state index in [2.05, 4.69) is 41.4 Å². The number of nitrogens with zero attached hydrogens (tertiary/aromatic N) is 3. The van der Waals surface area contributed by atoms with E-state index in [-0.39, 0.29) is 12.5 Å². The highest BCUT2D eigenvalue weighted by Gasteiger charge is 2.37. The number of piperidine rings is 1. The highest BCUT2D eigenvalue weighted by atomic mass is 32.2. The molecule has 2 aliphatic rings. The zero-order valence-electron chi connectivity index (χ0n) is 18.2. The summed E-state index contributed by atoms with van der Waals surface area (Å²) in [6.07, 6.45) is 2.45. The summed E-state index contributed by atoms with van der Waals surface area (Å²) in [6.45, 7) is 5.50. The maximum Gasteiger partial charge on any atom is 0.225 e. The van der Waals surface area contributed by atoms with E-state index in [4.69, 9.17) is 0 Å². The number of rotatable bonds is 5. The van der Waals surface area contributed by atoms with Gasteiger partial charge in [0.1, 0.15) is 0 Å². The molecule has 0 bridgehead atoms. The monoisotopic (exact) mass is 438 g/mol. The number of β-amino-alcohol motifs (C(OH)–C–C–N with tert-alkyl or cyclic N) is 1. The van der Waals surface area contributed by atoms with Crippen LogP contribution in [-0.2, 0) is 14.8 Å². The normalized spacial score (nSPS) is 23.7. The number of hydrogen-bond donors (Lipinski definition) is 2. The van der Waals surface area contributed by atoms with Crippen molar-refractivity contribution in [3.63, 3.8) is 0 Å². The van der Waals surface area contributed by atoms with E-state index < -0.39 is 21.5 Å². The third-order valence-electron chi connectivity index (χ3n) is 6.23. The number of aliphatic hydroxyl groups is 1. The minimum atomic E-state index is -3.38. The van der Waals surface area contributed by atoms with E-state index >= 15 is 0 Å². The molecule has 1 aromatic carbocycles. The van der Waals surface area contributed by atoms with Crippen molar-refractivity contribution >= 4 is 21.6 Å². The first kappa shape index (κ1) is 23.0. The molecule has 8 nitrogen and oxygen atoms in total. The Labute approximate surface area is 179 Å². The summed E-state index contributed by atoms with van der Waals surface area (Å²) in [7, 11) is -1.81. The second-order valence-electron chi connectivity index (χ2n) is 8.72. The van der Waals surface area contributed by atoms with Gasteiger partial charge in [-0.15, -0.1) is 0 Å². The number of amides is 1. The number of benzene rings is 1. The van der Waals surface area contributed by atoms with E-state index in [1.807, 2.05) is 4.90 Å². The number of hydrogen-bond acceptors (Lipinski definition) is 6. The summed E-state index contributed by atoms with van der Waals surface area (Å²) in [5.74, 6) is -0.625. The van der Waals surface area contributed by atoms with Crippen molar-refractivity contribution < 1.29 is 18.3 Å². The summed E-state index contributed by atoms with van der Waals surface area (Å²) >= 11 is 0. The molecule has 2 heterocycles. The first-order chi connectivity index (χ1) is 14.1. The Morgan fingerprint density at radius 3 is 2.50 bits per heavy atom. The Bertz CT molecular complexity index is 852. The fourth-order valence-electron chi connectivity index (χ4n) is 4.45. The molecule has 1 atom stereocenters. The lowest BCUT2D eigenvalue weighted by molar-refractivity contribution is -0.125. The molecule has 1 aromatic rings. The molecule has 168 valence electrons. The molecule has 0 aliphatic carbocycles. The van der Waals surface area contributed by atoms with Crippen LogP contribution < -0.4 is 10.2 Å². The van der Waals surface area contributed by atoms with Gasteiger partial charge >= 0.3 is 0 Å². The molecule has 2 saturated heterocycles. The summed E-state index contributed by atoms with van der Waals surface area (Å²) in [4.78, 5) is 16.7. The van der Waals surface area contributed by atoms with Gasteiger partial charge in [0.2, 0.25) is 15.9 Å². The standard InChI is InChI=1S/C21H34N4O4S/c1-17-5-4-6-19(13-17)24-9-7-21(27,8-10-24)16-23-11-12-25(30(3,28)29)15-18(14-23)20(26)22-2/h4-6,13,18,27H,7-12,14-16H2,1-3H3,(H,22,26)/t18-/m1/s1. The van der Waals surface area contributed by atoms with Crippen LogP contribution in [0.25, 0.3) is 0 Å². The predicted octanol–water partition coefficient (Wildman–Crippen LogP) is 0.266. The highest BCUT2D eigenvalue weighted by Crippen LogP contribution is 2.28. The minimum Gasteiger partial charge on any atom is -0.388 e. The molecule has 30 heavy (non-hydrogen) atoms. The summed E-state index contributed by atoms with van der Waals surface area (Å²) < 4.78 is 25.5. The van der Waals surface area contributed by atoms with E-state index in [1.54, 1.807) is 7.05 Å². The number of aryl methyl sites for hydroxylation is 1. The average molecular weight is 439 g/mol. The number of sulfonamides is 1. The largest absolute Gasteiger partial charge is 0.388 e. The molecule has 2 N–H and O–H groups in total. The zero-order chi connectivity index (χ0) is 21.9. The molecule has 2 fully saturated rings. The Morgan fingerprint density at radius 1 is 1.20 bits per heavy atom. The number of carbonyl (C=O) groups is 1. The maximum absolute atomic E-state index is 12.3.